The van der Waals surface area contributed by atoms with Crippen LogP contribution in [0.5, 0.6) is 0 Å². The third-order valence-corrected chi connectivity index (χ3v) is 3.24. The summed E-state index contributed by atoms with van der Waals surface area (Å²) in [5.74, 6) is -0.157. The molecule has 2 aromatic carbocycles. The lowest BCUT2D eigenvalue weighted by molar-refractivity contribution is -0.119. The molecular weight excluding hydrogens is 290 g/mol. The van der Waals surface area contributed by atoms with Gasteiger partial charge in [0.1, 0.15) is 0 Å². The largest absolute Gasteiger partial charge is 0.376 e. The zero-order valence-corrected chi connectivity index (χ0v) is 13.1. The van der Waals surface area contributed by atoms with E-state index in [0.29, 0.717) is 6.54 Å². The monoisotopic (exact) mass is 311 g/mol. The standard InChI is InChI=1S/C18H21N3O2/c1-14(22)21-17-9-7-16(8-10-17)20-13-18(23)19-12-11-15-5-3-2-4-6-15/h2-10,20H,11-13H2,1H3,(H,19,23)(H,21,22). The zero-order chi connectivity index (χ0) is 16.5. The van der Waals surface area contributed by atoms with Gasteiger partial charge in [0.25, 0.3) is 0 Å². The van der Waals surface area contributed by atoms with Crippen molar-refractivity contribution in [2.75, 3.05) is 23.7 Å². The summed E-state index contributed by atoms with van der Waals surface area (Å²) >= 11 is 0. The highest BCUT2D eigenvalue weighted by Crippen LogP contribution is 2.13. The Morgan fingerprint density at radius 3 is 2.22 bits per heavy atom. The van der Waals surface area contributed by atoms with Crippen LogP contribution in [0.1, 0.15) is 12.5 Å². The molecule has 120 valence electrons. The average Bonchev–Trinajstić information content (AvgIpc) is 2.55. The number of carbonyl (C=O) groups is 2. The summed E-state index contributed by atoms with van der Waals surface area (Å²) in [5, 5.41) is 8.62. The SMILES string of the molecule is CC(=O)Nc1ccc(NCC(=O)NCCc2ccccc2)cc1. The van der Waals surface area contributed by atoms with E-state index < -0.39 is 0 Å². The van der Waals surface area contributed by atoms with Crippen LogP contribution in [0.25, 0.3) is 0 Å². The predicted molar refractivity (Wildman–Crippen MR) is 92.4 cm³/mol. The van der Waals surface area contributed by atoms with Gasteiger partial charge >= 0.3 is 0 Å². The first kappa shape index (κ1) is 16.5. The fourth-order valence-corrected chi connectivity index (χ4v) is 2.11. The molecule has 0 saturated heterocycles. The minimum atomic E-state index is -0.108. The molecule has 0 atom stereocenters. The molecule has 5 nitrogen and oxygen atoms in total. The average molecular weight is 311 g/mol. The number of rotatable bonds is 7. The van der Waals surface area contributed by atoms with E-state index in [1.54, 1.807) is 12.1 Å². The molecule has 0 aromatic heterocycles. The van der Waals surface area contributed by atoms with Crippen LogP contribution in [0.2, 0.25) is 0 Å². The number of anilines is 2. The fourth-order valence-electron chi connectivity index (χ4n) is 2.11. The Labute approximate surface area is 136 Å². The zero-order valence-electron chi connectivity index (χ0n) is 13.1. The molecule has 23 heavy (non-hydrogen) atoms. The van der Waals surface area contributed by atoms with Gasteiger partial charge in [-0.15, -0.1) is 0 Å². The van der Waals surface area contributed by atoms with E-state index in [2.05, 4.69) is 16.0 Å². The highest BCUT2D eigenvalue weighted by atomic mass is 16.2. The van der Waals surface area contributed by atoms with E-state index in [9.17, 15) is 9.59 Å². The molecule has 3 N–H and O–H groups in total. The molecule has 0 spiro atoms. The van der Waals surface area contributed by atoms with Gasteiger partial charge in [0.2, 0.25) is 11.8 Å². The maximum atomic E-state index is 11.8. The quantitative estimate of drug-likeness (QED) is 0.735. The third kappa shape index (κ3) is 6.22. The third-order valence-electron chi connectivity index (χ3n) is 3.24. The van der Waals surface area contributed by atoms with Crippen LogP contribution in [0.3, 0.4) is 0 Å². The van der Waals surface area contributed by atoms with Crippen LogP contribution in [0.4, 0.5) is 11.4 Å². The maximum Gasteiger partial charge on any atom is 0.239 e. The van der Waals surface area contributed by atoms with Crippen molar-refractivity contribution >= 4 is 23.2 Å². The van der Waals surface area contributed by atoms with Crippen molar-refractivity contribution in [1.29, 1.82) is 0 Å². The molecular formula is C18H21N3O2. The maximum absolute atomic E-state index is 11.8. The second-order valence-electron chi connectivity index (χ2n) is 5.20. The normalized spacial score (nSPS) is 9.96. The Kier molecular flexibility index (Phi) is 6.17. The van der Waals surface area contributed by atoms with E-state index in [-0.39, 0.29) is 18.4 Å². The summed E-state index contributed by atoms with van der Waals surface area (Å²) in [7, 11) is 0. The fraction of sp³-hybridized carbons (Fsp3) is 0.222. The van der Waals surface area contributed by atoms with Gasteiger partial charge < -0.3 is 16.0 Å². The Morgan fingerprint density at radius 2 is 1.57 bits per heavy atom. The van der Waals surface area contributed by atoms with Crippen molar-refractivity contribution in [3.63, 3.8) is 0 Å². The Balaban J connectivity index is 1.68. The molecule has 0 aliphatic heterocycles. The van der Waals surface area contributed by atoms with Crippen LogP contribution in [0.15, 0.2) is 54.6 Å². The van der Waals surface area contributed by atoms with Crippen LogP contribution in [-0.4, -0.2) is 24.9 Å². The molecule has 0 heterocycles. The van der Waals surface area contributed by atoms with Gasteiger partial charge in [-0.05, 0) is 36.2 Å². The highest BCUT2D eigenvalue weighted by Gasteiger charge is 2.01. The number of nitrogens with one attached hydrogen (secondary N) is 3. The van der Waals surface area contributed by atoms with E-state index in [4.69, 9.17) is 0 Å². The molecule has 0 radical (unpaired) electrons. The molecule has 0 bridgehead atoms. The second kappa shape index (κ2) is 8.58. The number of carbonyl (C=O) groups excluding carboxylic acids is 2. The summed E-state index contributed by atoms with van der Waals surface area (Å²) in [6, 6.07) is 17.3. The molecule has 5 heteroatoms. The summed E-state index contributed by atoms with van der Waals surface area (Å²) in [6.45, 7) is 2.30. The topological polar surface area (TPSA) is 70.2 Å². The van der Waals surface area contributed by atoms with E-state index >= 15 is 0 Å². The van der Waals surface area contributed by atoms with Crippen molar-refractivity contribution < 1.29 is 9.59 Å². The van der Waals surface area contributed by atoms with Crippen molar-refractivity contribution in [2.24, 2.45) is 0 Å². The lowest BCUT2D eigenvalue weighted by Gasteiger charge is -2.09. The number of hydrogen-bond acceptors (Lipinski definition) is 3. The molecule has 0 saturated carbocycles. The van der Waals surface area contributed by atoms with E-state index in [1.165, 1.54) is 12.5 Å². The van der Waals surface area contributed by atoms with Gasteiger partial charge in [-0.3, -0.25) is 9.59 Å². The minimum absolute atomic E-state index is 0.0492. The molecule has 0 aliphatic rings. The smallest absolute Gasteiger partial charge is 0.239 e. The molecule has 2 rings (SSSR count). The first-order valence-corrected chi connectivity index (χ1v) is 7.55. The Hall–Kier alpha value is -2.82. The first-order valence-electron chi connectivity index (χ1n) is 7.55. The number of hydrogen-bond donors (Lipinski definition) is 3. The second-order valence-corrected chi connectivity index (χ2v) is 5.20. The van der Waals surface area contributed by atoms with Crippen molar-refractivity contribution in [1.82, 2.24) is 5.32 Å². The number of amides is 2. The van der Waals surface area contributed by atoms with Crippen LogP contribution >= 0.6 is 0 Å². The summed E-state index contributed by atoms with van der Waals surface area (Å²) in [4.78, 5) is 22.7. The van der Waals surface area contributed by atoms with Gasteiger partial charge in [0.15, 0.2) is 0 Å². The molecule has 0 fully saturated rings. The van der Waals surface area contributed by atoms with Crippen LogP contribution in [0, 0.1) is 0 Å². The summed E-state index contributed by atoms with van der Waals surface area (Å²) in [5.41, 5.74) is 2.77. The molecule has 2 aromatic rings. The highest BCUT2D eigenvalue weighted by molar-refractivity contribution is 5.88. The Morgan fingerprint density at radius 1 is 0.913 bits per heavy atom. The van der Waals surface area contributed by atoms with E-state index in [1.807, 2.05) is 42.5 Å². The predicted octanol–water partition coefficient (Wildman–Crippen LogP) is 2.42. The van der Waals surface area contributed by atoms with Gasteiger partial charge in [0.05, 0.1) is 6.54 Å². The first-order chi connectivity index (χ1) is 11.1. The molecule has 0 aliphatic carbocycles. The molecule has 2 amide bonds. The van der Waals surface area contributed by atoms with Crippen molar-refractivity contribution in [3.8, 4) is 0 Å². The van der Waals surface area contributed by atoms with Crippen molar-refractivity contribution in [3.05, 3.63) is 60.2 Å². The number of benzene rings is 2. The summed E-state index contributed by atoms with van der Waals surface area (Å²) < 4.78 is 0. The molecule has 0 unspecified atom stereocenters. The van der Waals surface area contributed by atoms with Gasteiger partial charge in [0, 0.05) is 24.8 Å². The van der Waals surface area contributed by atoms with E-state index in [0.717, 1.165) is 17.8 Å². The van der Waals surface area contributed by atoms with Gasteiger partial charge in [-0.25, -0.2) is 0 Å². The minimum Gasteiger partial charge on any atom is -0.376 e. The van der Waals surface area contributed by atoms with Crippen molar-refractivity contribution in [2.45, 2.75) is 13.3 Å². The van der Waals surface area contributed by atoms with Gasteiger partial charge in [-0.2, -0.15) is 0 Å². The summed E-state index contributed by atoms with van der Waals surface area (Å²) in [6.07, 6.45) is 0.817. The van der Waals surface area contributed by atoms with Crippen LogP contribution in [-0.2, 0) is 16.0 Å². The Bertz CT molecular complexity index is 639. The lowest BCUT2D eigenvalue weighted by Crippen LogP contribution is -2.31. The lowest BCUT2D eigenvalue weighted by atomic mass is 10.1. The van der Waals surface area contributed by atoms with Crippen LogP contribution < -0.4 is 16.0 Å². The van der Waals surface area contributed by atoms with Gasteiger partial charge in [-0.1, -0.05) is 30.3 Å².